The summed E-state index contributed by atoms with van der Waals surface area (Å²) in [6.07, 6.45) is 0. The van der Waals surface area contributed by atoms with Gasteiger partial charge in [-0.3, -0.25) is 4.79 Å². The molecule has 0 saturated carbocycles. The van der Waals surface area contributed by atoms with Gasteiger partial charge in [-0.2, -0.15) is 5.26 Å². The Morgan fingerprint density at radius 3 is 2.70 bits per heavy atom. The van der Waals surface area contributed by atoms with Crippen LogP contribution in [0.3, 0.4) is 0 Å². The molecule has 0 unspecified atom stereocenters. The van der Waals surface area contributed by atoms with Crippen molar-refractivity contribution in [1.82, 2.24) is 4.98 Å². The molecule has 2 rings (SSSR count). The highest BCUT2D eigenvalue weighted by molar-refractivity contribution is 7.99. The first-order valence-corrected chi connectivity index (χ1v) is 7.07. The van der Waals surface area contributed by atoms with Gasteiger partial charge in [0.25, 0.3) is 0 Å². The van der Waals surface area contributed by atoms with Crippen LogP contribution in [0.25, 0.3) is 0 Å². The number of benzene rings is 1. The number of aryl methyl sites for hydroxylation is 1. The molecule has 1 heterocycles. The van der Waals surface area contributed by atoms with Gasteiger partial charge >= 0.3 is 0 Å². The Bertz CT molecular complexity index is 722. The second-order valence-corrected chi connectivity index (χ2v) is 5.61. The summed E-state index contributed by atoms with van der Waals surface area (Å²) in [5.74, 6) is -0.0965. The van der Waals surface area contributed by atoms with Crippen LogP contribution >= 0.6 is 23.4 Å². The summed E-state index contributed by atoms with van der Waals surface area (Å²) in [5, 5.41) is 10.4. The van der Waals surface area contributed by atoms with E-state index >= 15 is 0 Å². The molecule has 1 aromatic carbocycles. The Balaban J connectivity index is 2.48. The molecule has 0 bridgehead atoms. The molecule has 0 amide bonds. The van der Waals surface area contributed by atoms with Crippen LogP contribution in [0.5, 0.6) is 0 Å². The monoisotopic (exact) mass is 302 g/mol. The highest BCUT2D eigenvalue weighted by atomic mass is 35.5. The first-order chi connectivity index (χ1) is 9.52. The Kier molecular flexibility index (Phi) is 4.43. The Labute approximate surface area is 126 Å². The predicted molar refractivity (Wildman–Crippen MR) is 79.3 cm³/mol. The smallest absolute Gasteiger partial charge is 0.161 e. The largest absolute Gasteiger partial charge is 0.294 e. The number of halogens is 1. The zero-order valence-corrected chi connectivity index (χ0v) is 12.5. The number of hydrogen-bond acceptors (Lipinski definition) is 4. The van der Waals surface area contributed by atoms with E-state index in [1.807, 2.05) is 18.2 Å². The van der Waals surface area contributed by atoms with Gasteiger partial charge in [-0.25, -0.2) is 4.98 Å². The third-order valence-electron chi connectivity index (χ3n) is 2.72. The summed E-state index contributed by atoms with van der Waals surface area (Å²) in [7, 11) is 0. The van der Waals surface area contributed by atoms with E-state index in [-0.39, 0.29) is 5.78 Å². The lowest BCUT2D eigenvalue weighted by Gasteiger charge is -2.08. The number of Topliss-reactive ketones (excluding diaryl/α,β-unsaturated/α-hetero) is 1. The number of nitrogens with zero attached hydrogens (tertiary/aromatic N) is 2. The number of aromatic nitrogens is 1. The fourth-order valence-corrected chi connectivity index (χ4v) is 2.90. The number of carbonyl (C=O) groups excluding carboxylic acids is 1. The van der Waals surface area contributed by atoms with E-state index in [0.29, 0.717) is 26.9 Å². The molecule has 0 N–H and O–H groups in total. The van der Waals surface area contributed by atoms with E-state index in [0.717, 1.165) is 4.90 Å². The fraction of sp³-hybridized carbons (Fsp3) is 0.133. The van der Waals surface area contributed by atoms with Crippen molar-refractivity contribution in [2.75, 3.05) is 0 Å². The molecule has 0 fully saturated rings. The topological polar surface area (TPSA) is 53.8 Å². The van der Waals surface area contributed by atoms with Crippen LogP contribution in [-0.4, -0.2) is 10.8 Å². The van der Waals surface area contributed by atoms with Crippen LogP contribution in [0.2, 0.25) is 5.02 Å². The number of hydrogen-bond donors (Lipinski definition) is 0. The molecule has 20 heavy (non-hydrogen) atoms. The maximum absolute atomic E-state index is 11.5. The van der Waals surface area contributed by atoms with Crippen LogP contribution < -0.4 is 0 Å². The maximum atomic E-state index is 11.5. The van der Waals surface area contributed by atoms with Crippen molar-refractivity contribution in [2.24, 2.45) is 0 Å². The number of carbonyl (C=O) groups is 1. The average Bonchev–Trinajstić information content (AvgIpc) is 2.41. The van der Waals surface area contributed by atoms with Gasteiger partial charge in [-0.1, -0.05) is 35.5 Å². The first-order valence-electron chi connectivity index (χ1n) is 5.88. The van der Waals surface area contributed by atoms with Gasteiger partial charge in [-0.05, 0) is 32.0 Å². The van der Waals surface area contributed by atoms with Gasteiger partial charge < -0.3 is 0 Å². The predicted octanol–water partition coefficient (Wildman–Crippen LogP) is 4.27. The van der Waals surface area contributed by atoms with Gasteiger partial charge in [-0.15, -0.1) is 0 Å². The Morgan fingerprint density at radius 1 is 1.40 bits per heavy atom. The van der Waals surface area contributed by atoms with Crippen molar-refractivity contribution < 1.29 is 4.79 Å². The lowest BCUT2D eigenvalue weighted by atomic mass is 10.1. The van der Waals surface area contributed by atoms with Gasteiger partial charge in [0.1, 0.15) is 11.1 Å². The molecule has 0 spiro atoms. The highest BCUT2D eigenvalue weighted by Gasteiger charge is 2.14. The van der Waals surface area contributed by atoms with Crippen LogP contribution in [0, 0.1) is 18.3 Å². The number of pyridine rings is 1. The van der Waals surface area contributed by atoms with Gasteiger partial charge in [0.2, 0.25) is 0 Å². The highest BCUT2D eigenvalue weighted by Crippen LogP contribution is 2.34. The minimum atomic E-state index is -0.0965. The Hall–Kier alpha value is -1.83. The van der Waals surface area contributed by atoms with Crippen molar-refractivity contribution in [1.29, 1.82) is 5.26 Å². The zero-order chi connectivity index (χ0) is 14.7. The third-order valence-corrected chi connectivity index (χ3v) is 4.24. The summed E-state index contributed by atoms with van der Waals surface area (Å²) in [6.45, 7) is 3.22. The lowest BCUT2D eigenvalue weighted by molar-refractivity contribution is 0.101. The molecule has 0 saturated heterocycles. The number of ketones is 1. The normalized spacial score (nSPS) is 10.1. The minimum Gasteiger partial charge on any atom is -0.294 e. The number of nitriles is 1. The van der Waals surface area contributed by atoms with Crippen LogP contribution in [0.4, 0.5) is 0 Å². The van der Waals surface area contributed by atoms with Gasteiger partial charge in [0.15, 0.2) is 5.78 Å². The van der Waals surface area contributed by atoms with Crippen molar-refractivity contribution in [3.05, 3.63) is 52.2 Å². The second kappa shape index (κ2) is 6.08. The van der Waals surface area contributed by atoms with Crippen LogP contribution in [-0.2, 0) is 0 Å². The third kappa shape index (κ3) is 3.01. The van der Waals surface area contributed by atoms with Gasteiger partial charge in [0.05, 0.1) is 10.6 Å². The molecule has 0 radical (unpaired) electrons. The van der Waals surface area contributed by atoms with Crippen LogP contribution in [0.15, 0.2) is 40.3 Å². The van der Waals surface area contributed by atoms with E-state index in [1.165, 1.54) is 18.7 Å². The minimum absolute atomic E-state index is 0.0965. The summed E-state index contributed by atoms with van der Waals surface area (Å²) in [5.41, 5.74) is 1.47. The molecule has 2 aromatic rings. The zero-order valence-electron chi connectivity index (χ0n) is 11.0. The Morgan fingerprint density at radius 2 is 2.10 bits per heavy atom. The number of rotatable bonds is 3. The average molecular weight is 303 g/mol. The van der Waals surface area contributed by atoms with Crippen molar-refractivity contribution in [2.45, 2.75) is 23.8 Å². The van der Waals surface area contributed by atoms with E-state index in [1.54, 1.807) is 19.1 Å². The molecular formula is C15H11ClN2OS. The summed E-state index contributed by atoms with van der Waals surface area (Å²) >= 11 is 7.43. The molecular weight excluding hydrogens is 292 g/mol. The van der Waals surface area contributed by atoms with Gasteiger partial charge in [0, 0.05) is 16.2 Å². The molecule has 0 aliphatic carbocycles. The SMILES string of the molecule is CC(=O)c1cc(C#N)c(Sc2ccccc2Cl)nc1C. The summed E-state index contributed by atoms with van der Waals surface area (Å²) in [4.78, 5) is 16.7. The quantitative estimate of drug-likeness (QED) is 0.795. The summed E-state index contributed by atoms with van der Waals surface area (Å²) in [6, 6.07) is 11.0. The van der Waals surface area contributed by atoms with E-state index < -0.39 is 0 Å². The molecule has 0 atom stereocenters. The molecule has 1 aromatic heterocycles. The molecule has 0 aliphatic rings. The van der Waals surface area contributed by atoms with Crippen molar-refractivity contribution in [3.8, 4) is 6.07 Å². The molecule has 5 heteroatoms. The molecule has 3 nitrogen and oxygen atoms in total. The summed E-state index contributed by atoms with van der Waals surface area (Å²) < 4.78 is 0. The standard InChI is InChI=1S/C15H11ClN2OS/c1-9-12(10(2)19)7-11(8-17)15(18-9)20-14-6-4-3-5-13(14)16/h3-7H,1-2H3. The maximum Gasteiger partial charge on any atom is 0.161 e. The van der Waals surface area contributed by atoms with Crippen LogP contribution in [0.1, 0.15) is 28.5 Å². The molecule has 100 valence electrons. The van der Waals surface area contributed by atoms with E-state index in [9.17, 15) is 10.1 Å². The second-order valence-electron chi connectivity index (χ2n) is 4.17. The first kappa shape index (κ1) is 14.6. The van der Waals surface area contributed by atoms with Crippen molar-refractivity contribution >= 4 is 29.1 Å². The lowest BCUT2D eigenvalue weighted by Crippen LogP contribution is -2.02. The van der Waals surface area contributed by atoms with E-state index in [2.05, 4.69) is 11.1 Å². The molecule has 0 aliphatic heterocycles. The van der Waals surface area contributed by atoms with E-state index in [4.69, 9.17) is 11.6 Å². The van der Waals surface area contributed by atoms with Crippen molar-refractivity contribution in [3.63, 3.8) is 0 Å². The fourth-order valence-electron chi connectivity index (χ4n) is 1.73.